The van der Waals surface area contributed by atoms with Crippen molar-refractivity contribution in [3.8, 4) is 0 Å². The van der Waals surface area contributed by atoms with Crippen LogP contribution in [0.15, 0.2) is 99.6 Å². The van der Waals surface area contributed by atoms with Gasteiger partial charge in [0.2, 0.25) is 0 Å². The van der Waals surface area contributed by atoms with E-state index in [0.717, 1.165) is 21.1 Å². The Hall–Kier alpha value is -2.72. The highest BCUT2D eigenvalue weighted by molar-refractivity contribution is 8.30. The van der Waals surface area contributed by atoms with E-state index in [1.165, 1.54) is 50.5 Å². The van der Waals surface area contributed by atoms with Crippen molar-refractivity contribution in [2.45, 2.75) is 73.0 Å². The molecular weight excluding hydrogens is 416 g/mol. The summed E-state index contributed by atoms with van der Waals surface area (Å²) >= 11 is 0. The fourth-order valence-corrected chi connectivity index (χ4v) is 6.94. The van der Waals surface area contributed by atoms with Gasteiger partial charge in [0.25, 0.3) is 0 Å². The van der Waals surface area contributed by atoms with Gasteiger partial charge in [0.1, 0.15) is 0 Å². The summed E-state index contributed by atoms with van der Waals surface area (Å²) in [5, 5.41) is 9.71. The summed E-state index contributed by atoms with van der Waals surface area (Å²) in [6.07, 6.45) is 8.84. The van der Waals surface area contributed by atoms with Crippen LogP contribution in [0.4, 0.5) is 4.79 Å². The molecule has 0 fully saturated rings. The first-order valence-corrected chi connectivity index (χ1v) is 13.2. The number of rotatable bonds is 12. The molecule has 0 aliphatic carbocycles. The van der Waals surface area contributed by atoms with Gasteiger partial charge in [-0.3, -0.25) is 0 Å². The fraction of sp³-hybridized carbons (Fsp3) is 0.321. The highest BCUT2D eigenvalue weighted by Gasteiger charge is 2.35. The Balaban J connectivity index is 1.83. The lowest BCUT2D eigenvalue weighted by atomic mass is 10.0. The van der Waals surface area contributed by atoms with E-state index >= 15 is 0 Å². The second-order valence-electron chi connectivity index (χ2n) is 8.05. The summed E-state index contributed by atoms with van der Waals surface area (Å²) < 4.78 is 5.78. The van der Waals surface area contributed by atoms with Crippen molar-refractivity contribution >= 4 is 16.5 Å². The van der Waals surface area contributed by atoms with Crippen molar-refractivity contribution < 1.29 is 14.1 Å². The molecule has 0 bridgehead atoms. The monoisotopic (exact) mass is 450 g/mol. The van der Waals surface area contributed by atoms with Crippen LogP contribution in [0.1, 0.15) is 57.4 Å². The van der Waals surface area contributed by atoms with Gasteiger partial charge in [0, 0.05) is 14.7 Å². The molecule has 0 saturated heterocycles. The van der Waals surface area contributed by atoms with Gasteiger partial charge in [0.15, 0.2) is 0 Å². The van der Waals surface area contributed by atoms with Gasteiger partial charge in [0.05, 0.1) is 0 Å². The number of benzene rings is 3. The second kappa shape index (κ2) is 12.4. The maximum Gasteiger partial charge on any atom is 0.517 e. The Bertz CT molecular complexity index is 900. The second-order valence-corrected chi connectivity index (χ2v) is 10.7. The Labute approximate surface area is 194 Å². The molecule has 0 aliphatic heterocycles. The Morgan fingerprint density at radius 1 is 0.688 bits per heavy atom. The Kier molecular flexibility index (Phi) is 9.24. The minimum atomic E-state index is -2.39. The normalized spacial score (nSPS) is 11.8. The largest absolute Gasteiger partial charge is 0.517 e. The van der Waals surface area contributed by atoms with E-state index in [0.29, 0.717) is 0 Å². The molecule has 0 aliphatic rings. The lowest BCUT2D eigenvalue weighted by Crippen LogP contribution is -2.12. The predicted molar refractivity (Wildman–Crippen MR) is 133 cm³/mol. The van der Waals surface area contributed by atoms with Crippen LogP contribution in [0.3, 0.4) is 0 Å². The number of carboxylic acid groups (broad SMARTS) is 1. The third kappa shape index (κ3) is 6.17. The van der Waals surface area contributed by atoms with E-state index in [2.05, 4.69) is 31.2 Å². The zero-order valence-electron chi connectivity index (χ0n) is 18.9. The summed E-state index contributed by atoms with van der Waals surface area (Å²) in [5.41, 5.74) is 1.28. The Morgan fingerprint density at radius 3 is 1.66 bits per heavy atom. The summed E-state index contributed by atoms with van der Waals surface area (Å²) in [6, 6.07) is 27.8. The van der Waals surface area contributed by atoms with Crippen LogP contribution in [0, 0.1) is 0 Å². The van der Waals surface area contributed by atoms with Gasteiger partial charge in [-0.25, -0.2) is 4.79 Å². The zero-order chi connectivity index (χ0) is 22.7. The lowest BCUT2D eigenvalue weighted by Gasteiger charge is -2.38. The lowest BCUT2D eigenvalue weighted by molar-refractivity contribution is 0.150. The number of carbonyl (C=O) groups is 1. The van der Waals surface area contributed by atoms with Gasteiger partial charge in [-0.05, 0) is 65.1 Å². The van der Waals surface area contributed by atoms with Crippen molar-refractivity contribution in [2.24, 2.45) is 0 Å². The quantitative estimate of drug-likeness (QED) is 0.280. The SMILES string of the molecule is CCCCCCCCCc1ccc(S(OC(=O)O)(c2ccccc2)c2ccccc2)cc1. The molecule has 3 aromatic rings. The standard InChI is InChI=1S/C28H34O3S/c1-2-3-4-5-6-7-10-15-24-20-22-27(23-21-24)32(31-28(29)30,25-16-11-8-12-17-25)26-18-13-9-14-19-26/h8-9,11-14,16-23H,2-7,10,15H2,1H3,(H,29,30). The number of hydrogen-bond donors (Lipinski definition) is 1. The molecule has 32 heavy (non-hydrogen) atoms. The molecule has 3 nitrogen and oxygen atoms in total. The molecule has 0 saturated carbocycles. The first-order chi connectivity index (χ1) is 15.7. The molecular formula is C28H34O3S. The van der Waals surface area contributed by atoms with Gasteiger partial charge in [-0.15, -0.1) is 0 Å². The predicted octanol–water partition coefficient (Wildman–Crippen LogP) is 8.87. The molecule has 0 radical (unpaired) electrons. The molecule has 4 heteroatoms. The molecule has 0 unspecified atom stereocenters. The average molecular weight is 451 g/mol. The topological polar surface area (TPSA) is 46.5 Å². The number of aryl methyl sites for hydroxylation is 1. The zero-order valence-corrected chi connectivity index (χ0v) is 19.7. The van der Waals surface area contributed by atoms with Crippen molar-refractivity contribution in [3.05, 3.63) is 90.5 Å². The summed E-state index contributed by atoms with van der Waals surface area (Å²) in [4.78, 5) is 14.5. The van der Waals surface area contributed by atoms with Crippen LogP contribution in [0.5, 0.6) is 0 Å². The first kappa shape index (κ1) is 23.9. The van der Waals surface area contributed by atoms with E-state index in [1.54, 1.807) is 0 Å². The summed E-state index contributed by atoms with van der Waals surface area (Å²) in [7, 11) is -2.39. The van der Waals surface area contributed by atoms with Crippen molar-refractivity contribution in [1.82, 2.24) is 0 Å². The summed E-state index contributed by atoms with van der Waals surface area (Å²) in [5.74, 6) is 0. The van der Waals surface area contributed by atoms with Crippen LogP contribution in [-0.4, -0.2) is 11.3 Å². The van der Waals surface area contributed by atoms with E-state index in [4.69, 9.17) is 4.18 Å². The van der Waals surface area contributed by atoms with Crippen molar-refractivity contribution in [3.63, 3.8) is 0 Å². The highest BCUT2D eigenvalue weighted by atomic mass is 32.3. The van der Waals surface area contributed by atoms with E-state index in [-0.39, 0.29) is 0 Å². The molecule has 0 aromatic heterocycles. The van der Waals surface area contributed by atoms with Gasteiger partial charge >= 0.3 is 6.16 Å². The van der Waals surface area contributed by atoms with Crippen molar-refractivity contribution in [1.29, 1.82) is 0 Å². The summed E-state index contributed by atoms with van der Waals surface area (Å²) in [6.45, 7) is 2.25. The average Bonchev–Trinajstić information content (AvgIpc) is 2.83. The van der Waals surface area contributed by atoms with E-state index in [9.17, 15) is 9.90 Å². The molecule has 170 valence electrons. The van der Waals surface area contributed by atoms with Crippen LogP contribution in [0.25, 0.3) is 0 Å². The van der Waals surface area contributed by atoms with Crippen LogP contribution < -0.4 is 0 Å². The van der Waals surface area contributed by atoms with Gasteiger partial charge in [-0.2, -0.15) is 0 Å². The fourth-order valence-electron chi connectivity index (χ4n) is 4.02. The van der Waals surface area contributed by atoms with E-state index in [1.807, 2.05) is 60.7 Å². The molecule has 0 atom stereocenters. The molecule has 0 heterocycles. The molecule has 3 aromatic carbocycles. The van der Waals surface area contributed by atoms with Crippen LogP contribution >= 0.6 is 10.3 Å². The molecule has 0 amide bonds. The van der Waals surface area contributed by atoms with Crippen molar-refractivity contribution in [2.75, 3.05) is 0 Å². The maximum atomic E-state index is 11.9. The van der Waals surface area contributed by atoms with E-state index < -0.39 is 16.5 Å². The minimum absolute atomic E-state index is 0.869. The molecule has 1 N–H and O–H groups in total. The first-order valence-electron chi connectivity index (χ1n) is 11.6. The van der Waals surface area contributed by atoms with Gasteiger partial charge in [-0.1, -0.05) is 94.0 Å². The third-order valence-corrected chi connectivity index (χ3v) is 8.87. The smallest absolute Gasteiger partial charge is 0.449 e. The van der Waals surface area contributed by atoms with Gasteiger partial charge < -0.3 is 9.29 Å². The highest BCUT2D eigenvalue weighted by Crippen LogP contribution is 2.69. The van der Waals surface area contributed by atoms with Crippen LogP contribution in [-0.2, 0) is 10.6 Å². The number of unbranched alkanes of at least 4 members (excludes halogenated alkanes) is 6. The molecule has 3 rings (SSSR count). The molecule has 0 spiro atoms. The Morgan fingerprint density at radius 2 is 1.16 bits per heavy atom. The third-order valence-electron chi connectivity index (χ3n) is 5.67. The van der Waals surface area contributed by atoms with Crippen LogP contribution in [0.2, 0.25) is 0 Å². The maximum absolute atomic E-state index is 11.9. The minimum Gasteiger partial charge on any atom is -0.449 e. The number of hydrogen-bond acceptors (Lipinski definition) is 2.